The molecule has 2 aliphatic heterocycles. The van der Waals surface area contributed by atoms with Crippen molar-refractivity contribution in [2.45, 2.75) is 24.3 Å². The third-order valence-corrected chi connectivity index (χ3v) is 4.92. The van der Waals surface area contributed by atoms with Crippen LogP contribution in [0.25, 0.3) is 0 Å². The first-order valence-electron chi connectivity index (χ1n) is 7.23. The number of benzene rings is 1. The molecule has 0 unspecified atom stereocenters. The van der Waals surface area contributed by atoms with Gasteiger partial charge in [0.15, 0.2) is 0 Å². The Labute approximate surface area is 140 Å². The number of carbonyl (C=O) groups is 2. The van der Waals surface area contributed by atoms with Gasteiger partial charge in [-0.2, -0.15) is 0 Å². The number of piperazine rings is 1. The lowest BCUT2D eigenvalue weighted by Crippen LogP contribution is -2.52. The first kappa shape index (κ1) is 17.1. The minimum absolute atomic E-state index is 0. The van der Waals surface area contributed by atoms with Gasteiger partial charge in [-0.15, -0.1) is 24.2 Å². The maximum absolute atomic E-state index is 12.6. The van der Waals surface area contributed by atoms with Gasteiger partial charge in [-0.05, 0) is 25.1 Å². The highest BCUT2D eigenvalue weighted by Crippen LogP contribution is 2.31. The van der Waals surface area contributed by atoms with Gasteiger partial charge in [0.1, 0.15) is 0 Å². The fraction of sp³-hybridized carbons (Fsp3) is 0.467. The Morgan fingerprint density at radius 1 is 1.41 bits per heavy atom. The molecule has 2 amide bonds. The number of amides is 2. The van der Waals surface area contributed by atoms with Crippen LogP contribution in [-0.4, -0.2) is 48.1 Å². The van der Waals surface area contributed by atoms with Crippen LogP contribution in [0.2, 0.25) is 0 Å². The molecule has 1 aromatic rings. The Bertz CT molecular complexity index is 582. The Morgan fingerprint density at radius 3 is 3.00 bits per heavy atom. The largest absolute Gasteiger partial charge is 0.333 e. The standard InChI is InChI=1S/C15H19N3O2S.ClH/c1-10-9-16-5-6-18(10)15(20)11-2-3-13-12(8-11)17-14(19)4-7-21-13;/h2-3,8,10,16H,4-7,9H2,1H3,(H,17,19);1H/t10-;/m1./s1. The van der Waals surface area contributed by atoms with Crippen molar-refractivity contribution in [2.75, 3.05) is 30.7 Å². The zero-order chi connectivity index (χ0) is 14.8. The molecule has 2 N–H and O–H groups in total. The van der Waals surface area contributed by atoms with E-state index in [0.29, 0.717) is 12.0 Å². The van der Waals surface area contributed by atoms with Crippen LogP contribution in [0.1, 0.15) is 23.7 Å². The van der Waals surface area contributed by atoms with E-state index in [9.17, 15) is 9.59 Å². The average Bonchev–Trinajstić information content (AvgIpc) is 2.66. The number of carbonyl (C=O) groups excluding carboxylic acids is 2. The van der Waals surface area contributed by atoms with E-state index >= 15 is 0 Å². The van der Waals surface area contributed by atoms with Crippen LogP contribution in [-0.2, 0) is 4.79 Å². The van der Waals surface area contributed by atoms with Gasteiger partial charge in [-0.3, -0.25) is 9.59 Å². The van der Waals surface area contributed by atoms with Crippen molar-refractivity contribution in [3.8, 4) is 0 Å². The molecule has 2 heterocycles. The normalized spacial score (nSPS) is 21.2. The first-order chi connectivity index (χ1) is 10.1. The molecule has 7 heteroatoms. The molecule has 2 aliphatic rings. The molecular formula is C15H20ClN3O2S. The van der Waals surface area contributed by atoms with E-state index in [0.717, 1.165) is 36.0 Å². The van der Waals surface area contributed by atoms with Crippen LogP contribution in [0.3, 0.4) is 0 Å². The quantitative estimate of drug-likeness (QED) is 0.820. The number of rotatable bonds is 1. The number of hydrogen-bond donors (Lipinski definition) is 2. The third kappa shape index (κ3) is 3.56. The molecule has 1 aromatic carbocycles. The van der Waals surface area contributed by atoms with E-state index < -0.39 is 0 Å². The van der Waals surface area contributed by atoms with E-state index in [1.54, 1.807) is 11.8 Å². The summed E-state index contributed by atoms with van der Waals surface area (Å²) in [6.45, 7) is 4.42. The second-order valence-electron chi connectivity index (χ2n) is 5.41. The number of nitrogens with zero attached hydrogens (tertiary/aromatic N) is 1. The Balaban J connectivity index is 0.00000176. The van der Waals surface area contributed by atoms with E-state index in [2.05, 4.69) is 10.6 Å². The highest BCUT2D eigenvalue weighted by atomic mass is 35.5. The predicted molar refractivity (Wildman–Crippen MR) is 91.0 cm³/mol. The number of halogens is 1. The van der Waals surface area contributed by atoms with E-state index in [4.69, 9.17) is 0 Å². The Kier molecular flexibility index (Phi) is 5.72. The fourth-order valence-electron chi connectivity index (χ4n) is 2.66. The molecule has 0 saturated carbocycles. The lowest BCUT2D eigenvalue weighted by Gasteiger charge is -2.34. The van der Waals surface area contributed by atoms with Gasteiger partial charge in [-0.1, -0.05) is 0 Å². The van der Waals surface area contributed by atoms with Crippen molar-refractivity contribution in [3.63, 3.8) is 0 Å². The maximum atomic E-state index is 12.6. The van der Waals surface area contributed by atoms with Crippen molar-refractivity contribution in [1.82, 2.24) is 10.2 Å². The highest BCUT2D eigenvalue weighted by Gasteiger charge is 2.25. The van der Waals surface area contributed by atoms with Crippen LogP contribution >= 0.6 is 24.2 Å². The summed E-state index contributed by atoms with van der Waals surface area (Å²) in [6.07, 6.45) is 0.511. The Hall–Kier alpha value is -1.24. The molecule has 22 heavy (non-hydrogen) atoms. The van der Waals surface area contributed by atoms with Gasteiger partial charge in [0.2, 0.25) is 5.91 Å². The van der Waals surface area contributed by atoms with Gasteiger partial charge in [-0.25, -0.2) is 0 Å². The Morgan fingerprint density at radius 2 is 2.23 bits per heavy atom. The number of anilines is 1. The summed E-state index contributed by atoms with van der Waals surface area (Å²) in [7, 11) is 0. The van der Waals surface area contributed by atoms with E-state index in [1.165, 1.54) is 0 Å². The zero-order valence-electron chi connectivity index (χ0n) is 12.4. The molecule has 0 bridgehead atoms. The van der Waals surface area contributed by atoms with Crippen LogP contribution in [0.4, 0.5) is 5.69 Å². The number of thioether (sulfide) groups is 1. The second-order valence-corrected chi connectivity index (χ2v) is 6.55. The molecule has 1 fully saturated rings. The van der Waals surface area contributed by atoms with E-state index in [1.807, 2.05) is 30.0 Å². The molecule has 5 nitrogen and oxygen atoms in total. The third-order valence-electron chi connectivity index (χ3n) is 3.85. The van der Waals surface area contributed by atoms with Gasteiger partial charge in [0.25, 0.3) is 5.91 Å². The molecule has 0 aliphatic carbocycles. The average molecular weight is 342 g/mol. The first-order valence-corrected chi connectivity index (χ1v) is 8.22. The minimum Gasteiger partial charge on any atom is -0.333 e. The zero-order valence-corrected chi connectivity index (χ0v) is 14.1. The van der Waals surface area contributed by atoms with Crippen molar-refractivity contribution in [2.24, 2.45) is 0 Å². The smallest absolute Gasteiger partial charge is 0.254 e. The molecule has 0 spiro atoms. The summed E-state index contributed by atoms with van der Waals surface area (Å²) in [4.78, 5) is 27.2. The summed E-state index contributed by atoms with van der Waals surface area (Å²) in [5.74, 6) is 0.831. The van der Waals surface area contributed by atoms with Crippen LogP contribution in [0, 0.1) is 0 Å². The number of hydrogen-bond acceptors (Lipinski definition) is 4. The lowest BCUT2D eigenvalue weighted by atomic mass is 10.1. The monoisotopic (exact) mass is 341 g/mol. The van der Waals surface area contributed by atoms with Crippen LogP contribution < -0.4 is 10.6 Å². The molecule has 3 rings (SSSR count). The number of fused-ring (bicyclic) bond motifs is 1. The van der Waals surface area contributed by atoms with Crippen molar-refractivity contribution in [1.29, 1.82) is 0 Å². The summed E-state index contributed by atoms with van der Waals surface area (Å²) in [5.41, 5.74) is 1.40. The maximum Gasteiger partial charge on any atom is 0.254 e. The molecule has 0 radical (unpaired) electrons. The molecule has 1 saturated heterocycles. The van der Waals surface area contributed by atoms with E-state index in [-0.39, 0.29) is 30.3 Å². The molecule has 0 aromatic heterocycles. The summed E-state index contributed by atoms with van der Waals surface area (Å²) < 4.78 is 0. The second kappa shape index (κ2) is 7.35. The topological polar surface area (TPSA) is 61.4 Å². The lowest BCUT2D eigenvalue weighted by molar-refractivity contribution is -0.115. The summed E-state index contributed by atoms with van der Waals surface area (Å²) in [6, 6.07) is 5.79. The summed E-state index contributed by atoms with van der Waals surface area (Å²) in [5, 5.41) is 6.17. The summed E-state index contributed by atoms with van der Waals surface area (Å²) >= 11 is 1.65. The number of nitrogens with one attached hydrogen (secondary N) is 2. The predicted octanol–water partition coefficient (Wildman–Crippen LogP) is 1.98. The van der Waals surface area contributed by atoms with Gasteiger partial charge >= 0.3 is 0 Å². The van der Waals surface area contributed by atoms with Crippen molar-refractivity contribution < 1.29 is 9.59 Å². The molecule has 1 atom stereocenters. The van der Waals surface area contributed by atoms with Gasteiger partial charge in [0.05, 0.1) is 5.69 Å². The van der Waals surface area contributed by atoms with Crippen LogP contribution in [0.15, 0.2) is 23.1 Å². The highest BCUT2D eigenvalue weighted by molar-refractivity contribution is 7.99. The van der Waals surface area contributed by atoms with Gasteiger partial charge < -0.3 is 15.5 Å². The van der Waals surface area contributed by atoms with Crippen molar-refractivity contribution in [3.05, 3.63) is 23.8 Å². The SMILES string of the molecule is C[C@@H]1CNCCN1C(=O)c1ccc2c(c1)NC(=O)CCS2.Cl. The minimum atomic E-state index is 0. The van der Waals surface area contributed by atoms with Crippen molar-refractivity contribution >= 4 is 41.7 Å². The van der Waals surface area contributed by atoms with Gasteiger partial charge in [0, 0.05) is 48.3 Å². The molecular weight excluding hydrogens is 322 g/mol. The van der Waals surface area contributed by atoms with Crippen LogP contribution in [0.5, 0.6) is 0 Å². The fourth-order valence-corrected chi connectivity index (χ4v) is 3.60. The molecule has 120 valence electrons.